The largest absolute Gasteiger partial charge is 0.373 e. The molecule has 3 N–H and O–H groups in total. The van der Waals surface area contributed by atoms with Gasteiger partial charge in [-0.25, -0.2) is 9.97 Å². The van der Waals surface area contributed by atoms with E-state index >= 15 is 0 Å². The molecule has 0 unspecified atom stereocenters. The van der Waals surface area contributed by atoms with Crippen LogP contribution in [0, 0.1) is 5.92 Å². The van der Waals surface area contributed by atoms with Crippen molar-refractivity contribution in [3.63, 3.8) is 0 Å². The smallest absolute Gasteiger partial charge is 0.236 e. The summed E-state index contributed by atoms with van der Waals surface area (Å²) in [7, 11) is 1.82. The summed E-state index contributed by atoms with van der Waals surface area (Å²) in [6, 6.07) is 1.85. The van der Waals surface area contributed by atoms with E-state index in [1.165, 1.54) is 0 Å². The van der Waals surface area contributed by atoms with Gasteiger partial charge < -0.3 is 16.0 Å². The quantitative estimate of drug-likeness (QED) is 0.752. The zero-order chi connectivity index (χ0) is 15.1. The van der Waals surface area contributed by atoms with Crippen LogP contribution in [0.4, 0.5) is 11.6 Å². The first-order valence-electron chi connectivity index (χ1n) is 7.05. The highest BCUT2D eigenvalue weighted by molar-refractivity contribution is 5.79. The van der Waals surface area contributed by atoms with Gasteiger partial charge >= 0.3 is 0 Å². The Kier molecular flexibility index (Phi) is 6.21. The van der Waals surface area contributed by atoms with Gasteiger partial charge in [0.05, 0.1) is 6.54 Å². The van der Waals surface area contributed by atoms with Gasteiger partial charge in [-0.1, -0.05) is 20.8 Å². The molecule has 0 saturated heterocycles. The van der Waals surface area contributed by atoms with Crippen LogP contribution in [0.5, 0.6) is 0 Å². The Morgan fingerprint density at radius 1 is 1.45 bits per heavy atom. The van der Waals surface area contributed by atoms with E-state index in [1.54, 1.807) is 0 Å². The number of carbonyl (C=O) groups is 1. The number of nitrogens with one attached hydrogen (secondary N) is 1. The molecule has 1 heterocycles. The van der Waals surface area contributed by atoms with Gasteiger partial charge in [-0.2, -0.15) is 0 Å². The molecule has 20 heavy (non-hydrogen) atoms. The lowest BCUT2D eigenvalue weighted by atomic mass is 10.2. The van der Waals surface area contributed by atoms with E-state index < -0.39 is 0 Å². The Morgan fingerprint density at radius 2 is 2.15 bits per heavy atom. The number of primary amides is 1. The Bertz CT molecular complexity index is 447. The number of aromatic nitrogens is 2. The standard InChI is InChI=1S/C14H25N5O/c1-5-6-12-17-13(16-4)7-14(18-12)19(8-10(2)3)9-11(15)20/h7,10H,5-6,8-9H2,1-4H3,(H2,15,20)(H,16,17,18). The first kappa shape index (κ1) is 16.2. The highest BCUT2D eigenvalue weighted by atomic mass is 16.1. The number of anilines is 2. The lowest BCUT2D eigenvalue weighted by Crippen LogP contribution is -2.37. The van der Waals surface area contributed by atoms with Crippen LogP contribution >= 0.6 is 0 Å². The molecule has 0 aliphatic carbocycles. The summed E-state index contributed by atoms with van der Waals surface area (Å²) in [6.07, 6.45) is 1.79. The average Bonchev–Trinajstić information content (AvgIpc) is 2.37. The van der Waals surface area contributed by atoms with E-state index in [2.05, 4.69) is 36.1 Å². The summed E-state index contributed by atoms with van der Waals surface area (Å²) in [5, 5.41) is 3.03. The number of nitrogens with zero attached hydrogens (tertiary/aromatic N) is 3. The van der Waals surface area contributed by atoms with Crippen LogP contribution in [0.2, 0.25) is 0 Å². The minimum Gasteiger partial charge on any atom is -0.373 e. The summed E-state index contributed by atoms with van der Waals surface area (Å²) < 4.78 is 0. The average molecular weight is 279 g/mol. The monoisotopic (exact) mass is 279 g/mol. The van der Waals surface area contributed by atoms with E-state index in [1.807, 2.05) is 18.0 Å². The van der Waals surface area contributed by atoms with Crippen molar-refractivity contribution in [1.82, 2.24) is 9.97 Å². The third kappa shape index (κ3) is 5.03. The molecule has 0 bridgehead atoms. The molecular weight excluding hydrogens is 254 g/mol. The van der Waals surface area contributed by atoms with Gasteiger partial charge in [-0.15, -0.1) is 0 Å². The topological polar surface area (TPSA) is 84.1 Å². The lowest BCUT2D eigenvalue weighted by molar-refractivity contribution is -0.116. The molecule has 0 fully saturated rings. The van der Waals surface area contributed by atoms with Gasteiger partial charge in [-0.3, -0.25) is 4.79 Å². The molecule has 1 aromatic rings. The van der Waals surface area contributed by atoms with Crippen molar-refractivity contribution in [2.24, 2.45) is 11.7 Å². The van der Waals surface area contributed by atoms with Crippen molar-refractivity contribution in [3.05, 3.63) is 11.9 Å². The Hall–Kier alpha value is -1.85. The SMILES string of the molecule is CCCc1nc(NC)cc(N(CC(N)=O)CC(C)C)n1. The number of aryl methyl sites for hydroxylation is 1. The number of rotatable bonds is 8. The van der Waals surface area contributed by atoms with Crippen molar-refractivity contribution < 1.29 is 4.79 Å². The second kappa shape index (κ2) is 7.67. The van der Waals surface area contributed by atoms with Crippen molar-refractivity contribution in [2.45, 2.75) is 33.6 Å². The first-order valence-corrected chi connectivity index (χ1v) is 7.05. The van der Waals surface area contributed by atoms with Crippen LogP contribution in [0.25, 0.3) is 0 Å². The van der Waals surface area contributed by atoms with E-state index in [4.69, 9.17) is 5.73 Å². The number of hydrogen-bond acceptors (Lipinski definition) is 5. The van der Waals surface area contributed by atoms with Gasteiger partial charge in [0, 0.05) is 26.1 Å². The molecule has 0 aliphatic heterocycles. The van der Waals surface area contributed by atoms with Gasteiger partial charge in [0.1, 0.15) is 17.5 Å². The molecule has 0 radical (unpaired) electrons. The molecular formula is C14H25N5O. The second-order valence-electron chi connectivity index (χ2n) is 5.27. The molecule has 6 heteroatoms. The van der Waals surface area contributed by atoms with Crippen molar-refractivity contribution in [2.75, 3.05) is 30.4 Å². The predicted molar refractivity (Wildman–Crippen MR) is 81.8 cm³/mol. The molecule has 0 spiro atoms. The van der Waals surface area contributed by atoms with E-state index in [-0.39, 0.29) is 12.5 Å². The van der Waals surface area contributed by atoms with Crippen LogP contribution < -0.4 is 16.0 Å². The van der Waals surface area contributed by atoms with Crippen molar-refractivity contribution in [1.29, 1.82) is 0 Å². The van der Waals surface area contributed by atoms with E-state index in [9.17, 15) is 4.79 Å². The molecule has 112 valence electrons. The summed E-state index contributed by atoms with van der Waals surface area (Å²) >= 11 is 0. The molecule has 0 aliphatic rings. The minimum absolute atomic E-state index is 0.171. The third-order valence-corrected chi connectivity index (χ3v) is 2.74. The Labute approximate surface area is 120 Å². The van der Waals surface area contributed by atoms with Crippen LogP contribution in [0.1, 0.15) is 33.0 Å². The van der Waals surface area contributed by atoms with Gasteiger partial charge in [0.15, 0.2) is 0 Å². The number of hydrogen-bond donors (Lipinski definition) is 2. The van der Waals surface area contributed by atoms with Crippen LogP contribution in [-0.4, -0.2) is 36.0 Å². The molecule has 1 aromatic heterocycles. The second-order valence-corrected chi connectivity index (χ2v) is 5.27. The van der Waals surface area contributed by atoms with Gasteiger partial charge in [0.2, 0.25) is 5.91 Å². The van der Waals surface area contributed by atoms with Crippen LogP contribution in [0.3, 0.4) is 0 Å². The maximum atomic E-state index is 11.3. The molecule has 0 atom stereocenters. The normalized spacial score (nSPS) is 10.7. The fourth-order valence-corrected chi connectivity index (χ4v) is 1.98. The fourth-order valence-electron chi connectivity index (χ4n) is 1.98. The fraction of sp³-hybridized carbons (Fsp3) is 0.643. The Morgan fingerprint density at radius 3 is 2.65 bits per heavy atom. The highest BCUT2D eigenvalue weighted by Gasteiger charge is 2.15. The molecule has 0 saturated carbocycles. The van der Waals surface area contributed by atoms with E-state index in [0.717, 1.165) is 36.8 Å². The summed E-state index contributed by atoms with van der Waals surface area (Å²) in [6.45, 7) is 7.19. The Balaban J connectivity index is 3.09. The molecule has 1 rings (SSSR count). The summed E-state index contributed by atoms with van der Waals surface area (Å²) in [4.78, 5) is 22.1. The van der Waals surface area contributed by atoms with E-state index in [0.29, 0.717) is 5.92 Å². The predicted octanol–water partition coefficient (Wildman–Crippen LogP) is 1.42. The van der Waals surface area contributed by atoms with Crippen LogP contribution in [0.15, 0.2) is 6.07 Å². The summed E-state index contributed by atoms with van der Waals surface area (Å²) in [5.41, 5.74) is 5.33. The zero-order valence-electron chi connectivity index (χ0n) is 12.8. The maximum Gasteiger partial charge on any atom is 0.236 e. The molecule has 0 aromatic carbocycles. The highest BCUT2D eigenvalue weighted by Crippen LogP contribution is 2.17. The molecule has 6 nitrogen and oxygen atoms in total. The van der Waals surface area contributed by atoms with Crippen molar-refractivity contribution >= 4 is 17.5 Å². The minimum atomic E-state index is -0.354. The lowest BCUT2D eigenvalue weighted by Gasteiger charge is -2.25. The third-order valence-electron chi connectivity index (χ3n) is 2.74. The number of carbonyl (C=O) groups excluding carboxylic acids is 1. The zero-order valence-corrected chi connectivity index (χ0v) is 12.8. The first-order chi connectivity index (χ1) is 9.46. The number of amides is 1. The number of nitrogens with two attached hydrogens (primary N) is 1. The van der Waals surface area contributed by atoms with Crippen molar-refractivity contribution in [3.8, 4) is 0 Å². The molecule has 1 amide bonds. The van der Waals surface area contributed by atoms with Crippen LogP contribution in [-0.2, 0) is 11.2 Å². The maximum absolute atomic E-state index is 11.3. The van der Waals surface area contributed by atoms with Gasteiger partial charge in [-0.05, 0) is 12.3 Å². The van der Waals surface area contributed by atoms with Gasteiger partial charge in [0.25, 0.3) is 0 Å². The summed E-state index contributed by atoms with van der Waals surface area (Å²) in [5.74, 6) is 2.36.